The predicted octanol–water partition coefficient (Wildman–Crippen LogP) is 4.22. The molecule has 4 aliphatic rings. The summed E-state index contributed by atoms with van der Waals surface area (Å²) in [4.78, 5) is 14.8. The molecule has 2 unspecified atom stereocenters. The van der Waals surface area contributed by atoms with Crippen LogP contribution in [0.15, 0.2) is 23.3 Å². The molecule has 1 amide bonds. The molecule has 0 fully saturated rings. The summed E-state index contributed by atoms with van der Waals surface area (Å²) in [7, 11) is 0. The van der Waals surface area contributed by atoms with Crippen molar-refractivity contribution in [2.75, 3.05) is 0 Å². The number of nitrogens with zero attached hydrogens (tertiary/aromatic N) is 1. The van der Waals surface area contributed by atoms with Crippen molar-refractivity contribution >= 4 is 5.91 Å². The molecule has 2 nitrogen and oxygen atoms in total. The van der Waals surface area contributed by atoms with Crippen LogP contribution in [0, 0.1) is 5.92 Å². The molecule has 0 aromatic carbocycles. The fourth-order valence-electron chi connectivity index (χ4n) is 4.17. The van der Waals surface area contributed by atoms with Crippen LogP contribution in [0.1, 0.15) is 65.2 Å². The Labute approximate surface area is 122 Å². The van der Waals surface area contributed by atoms with Gasteiger partial charge < -0.3 is 4.90 Å². The zero-order valence-electron chi connectivity index (χ0n) is 12.9. The Bertz CT molecular complexity index is 446. The highest BCUT2D eigenvalue weighted by Crippen LogP contribution is 2.41. The van der Waals surface area contributed by atoms with Crippen molar-refractivity contribution in [2.24, 2.45) is 5.92 Å². The van der Waals surface area contributed by atoms with Crippen LogP contribution in [0.5, 0.6) is 0 Å². The summed E-state index contributed by atoms with van der Waals surface area (Å²) in [5, 5.41) is 0. The number of carbonyl (C=O) groups is 1. The van der Waals surface area contributed by atoms with Crippen molar-refractivity contribution < 1.29 is 4.79 Å². The van der Waals surface area contributed by atoms with Gasteiger partial charge in [-0.3, -0.25) is 4.79 Å². The highest BCUT2D eigenvalue weighted by Gasteiger charge is 2.42. The lowest BCUT2D eigenvalue weighted by Gasteiger charge is -2.46. The Balaban J connectivity index is 1.93. The molecule has 0 saturated carbocycles. The van der Waals surface area contributed by atoms with E-state index < -0.39 is 0 Å². The molecule has 4 rings (SSSR count). The van der Waals surface area contributed by atoms with Crippen molar-refractivity contribution in [2.45, 2.75) is 77.3 Å². The molecule has 2 heteroatoms. The quantitative estimate of drug-likeness (QED) is 0.655. The van der Waals surface area contributed by atoms with Crippen LogP contribution >= 0.6 is 0 Å². The summed E-state index contributed by atoms with van der Waals surface area (Å²) in [6.07, 6.45) is 14.8. The van der Waals surface area contributed by atoms with Crippen LogP contribution in [-0.4, -0.2) is 22.9 Å². The van der Waals surface area contributed by atoms with E-state index in [0.717, 1.165) is 6.42 Å². The van der Waals surface area contributed by atoms with Gasteiger partial charge in [0, 0.05) is 6.04 Å². The average molecular weight is 273 g/mol. The second kappa shape index (κ2) is 5.75. The lowest BCUT2D eigenvalue weighted by Crippen LogP contribution is -2.54. The first-order chi connectivity index (χ1) is 9.70. The maximum absolute atomic E-state index is 12.7. The summed E-state index contributed by atoms with van der Waals surface area (Å²) >= 11 is 0. The Kier molecular flexibility index (Phi) is 4.00. The van der Waals surface area contributed by atoms with Crippen molar-refractivity contribution in [3.63, 3.8) is 0 Å². The first-order valence-corrected chi connectivity index (χ1v) is 8.42. The molecule has 2 bridgehead atoms. The van der Waals surface area contributed by atoms with E-state index in [1.807, 2.05) is 0 Å². The number of rotatable bonds is 1. The second-order valence-electron chi connectivity index (χ2n) is 6.82. The van der Waals surface area contributed by atoms with Crippen LogP contribution in [-0.2, 0) is 4.79 Å². The topological polar surface area (TPSA) is 20.3 Å². The molecule has 2 heterocycles. The van der Waals surface area contributed by atoms with E-state index >= 15 is 0 Å². The van der Waals surface area contributed by atoms with Gasteiger partial charge in [0.05, 0.1) is 12.0 Å². The van der Waals surface area contributed by atoms with Gasteiger partial charge in [-0.2, -0.15) is 0 Å². The van der Waals surface area contributed by atoms with Gasteiger partial charge in [-0.15, -0.1) is 0 Å². The Morgan fingerprint density at radius 1 is 0.950 bits per heavy atom. The van der Waals surface area contributed by atoms with Crippen molar-refractivity contribution in [1.82, 2.24) is 4.90 Å². The van der Waals surface area contributed by atoms with Gasteiger partial charge >= 0.3 is 0 Å². The summed E-state index contributed by atoms with van der Waals surface area (Å²) < 4.78 is 0. The van der Waals surface area contributed by atoms with Gasteiger partial charge in [0.15, 0.2) is 0 Å². The Hall–Kier alpha value is -1.05. The Morgan fingerprint density at radius 2 is 1.55 bits per heavy atom. The molecule has 0 radical (unpaired) electrons. The van der Waals surface area contributed by atoms with E-state index in [4.69, 9.17) is 0 Å². The van der Waals surface area contributed by atoms with E-state index in [-0.39, 0.29) is 12.0 Å². The van der Waals surface area contributed by atoms with Gasteiger partial charge in [-0.05, 0) is 45.1 Å². The number of fused-ring (bicyclic) bond motifs is 1. The largest absolute Gasteiger partial charge is 0.329 e. The smallest absolute Gasteiger partial charge is 0.234 e. The van der Waals surface area contributed by atoms with Gasteiger partial charge in [0.2, 0.25) is 5.91 Å². The minimum Gasteiger partial charge on any atom is -0.329 e. The van der Waals surface area contributed by atoms with E-state index in [1.165, 1.54) is 50.5 Å². The molecular formula is C18H27NO. The van der Waals surface area contributed by atoms with E-state index in [1.54, 1.807) is 5.57 Å². The molecule has 2 aliphatic heterocycles. The van der Waals surface area contributed by atoms with Crippen molar-refractivity contribution in [3.05, 3.63) is 23.3 Å². The van der Waals surface area contributed by atoms with E-state index in [0.29, 0.717) is 11.9 Å². The third kappa shape index (κ3) is 2.34. The fourth-order valence-corrected chi connectivity index (χ4v) is 4.17. The second-order valence-corrected chi connectivity index (χ2v) is 6.82. The molecule has 0 saturated heterocycles. The summed E-state index contributed by atoms with van der Waals surface area (Å²) in [5.74, 6) is 0.417. The van der Waals surface area contributed by atoms with E-state index in [2.05, 4.69) is 30.9 Å². The number of carbonyl (C=O) groups excluding carboxylic acids is 1. The van der Waals surface area contributed by atoms with Gasteiger partial charge in [0.25, 0.3) is 0 Å². The molecule has 2 atom stereocenters. The van der Waals surface area contributed by atoms with Crippen LogP contribution < -0.4 is 0 Å². The maximum atomic E-state index is 12.7. The Morgan fingerprint density at radius 3 is 2.20 bits per heavy atom. The molecule has 20 heavy (non-hydrogen) atoms. The SMILES string of the molecule is CC(C)N1C(=O)C2C=CC1C1=C2CCCCCCCC1. The minimum atomic E-state index is 0.0665. The maximum Gasteiger partial charge on any atom is 0.234 e. The molecule has 0 N–H and O–H groups in total. The molecule has 2 aliphatic carbocycles. The normalized spacial score (nSPS) is 30.9. The third-order valence-electron chi connectivity index (χ3n) is 5.15. The van der Waals surface area contributed by atoms with Crippen molar-refractivity contribution in [1.29, 1.82) is 0 Å². The minimum absolute atomic E-state index is 0.0665. The van der Waals surface area contributed by atoms with Gasteiger partial charge in [-0.25, -0.2) is 0 Å². The average Bonchev–Trinajstić information content (AvgIpc) is 2.44. The zero-order valence-corrected chi connectivity index (χ0v) is 12.9. The highest BCUT2D eigenvalue weighted by molar-refractivity contribution is 5.88. The first kappa shape index (κ1) is 13.9. The van der Waals surface area contributed by atoms with Crippen LogP contribution in [0.25, 0.3) is 0 Å². The van der Waals surface area contributed by atoms with Crippen LogP contribution in [0.4, 0.5) is 0 Å². The molecule has 0 spiro atoms. The summed E-state index contributed by atoms with van der Waals surface area (Å²) in [6, 6.07) is 0.575. The lowest BCUT2D eigenvalue weighted by atomic mass is 9.74. The lowest BCUT2D eigenvalue weighted by molar-refractivity contribution is -0.137. The van der Waals surface area contributed by atoms with Crippen LogP contribution in [0.3, 0.4) is 0 Å². The van der Waals surface area contributed by atoms with E-state index in [9.17, 15) is 4.79 Å². The molecular weight excluding hydrogens is 246 g/mol. The monoisotopic (exact) mass is 273 g/mol. The standard InChI is InChI=1S/C18H27NO/c1-13(2)19-17-12-11-16(18(19)20)14-9-7-5-3-4-6-8-10-15(14)17/h11-13,16-17H,3-10H2,1-2H3. The molecule has 110 valence electrons. The number of hydrogen-bond donors (Lipinski definition) is 0. The van der Waals surface area contributed by atoms with Gasteiger partial charge in [-0.1, -0.05) is 43.4 Å². The summed E-state index contributed by atoms with van der Waals surface area (Å²) in [5.41, 5.74) is 3.08. The fraction of sp³-hybridized carbons (Fsp3) is 0.722. The first-order valence-electron chi connectivity index (χ1n) is 8.42. The van der Waals surface area contributed by atoms with Gasteiger partial charge in [0.1, 0.15) is 0 Å². The molecule has 0 aromatic rings. The molecule has 0 aromatic heterocycles. The van der Waals surface area contributed by atoms with Crippen molar-refractivity contribution in [3.8, 4) is 0 Å². The third-order valence-corrected chi connectivity index (χ3v) is 5.15. The highest BCUT2D eigenvalue weighted by atomic mass is 16.2. The predicted molar refractivity (Wildman–Crippen MR) is 82.4 cm³/mol. The zero-order chi connectivity index (χ0) is 14.1. The summed E-state index contributed by atoms with van der Waals surface area (Å²) in [6.45, 7) is 4.29. The number of hydrogen-bond acceptors (Lipinski definition) is 1. The van der Waals surface area contributed by atoms with Crippen LogP contribution in [0.2, 0.25) is 0 Å². The number of amides is 1.